The highest BCUT2D eigenvalue weighted by atomic mass is 35.5. The summed E-state index contributed by atoms with van der Waals surface area (Å²) >= 11 is 25.6. The molecule has 3 atom stereocenters. The predicted molar refractivity (Wildman–Crippen MR) is 237 cm³/mol. The van der Waals surface area contributed by atoms with Crippen molar-refractivity contribution in [3.05, 3.63) is 81.3 Å². The summed E-state index contributed by atoms with van der Waals surface area (Å²) in [7, 11) is 0. The Hall–Kier alpha value is -4.57. The number of nitrogens with zero attached hydrogens (tertiary/aromatic N) is 8. The monoisotopic (exact) mass is 945 g/mol. The Balaban J connectivity index is 1.10. The number of rotatable bonds is 7. The fourth-order valence-electron chi connectivity index (χ4n) is 9.00. The minimum atomic E-state index is -0.757. The molecule has 6 heterocycles. The third kappa shape index (κ3) is 9.91. The van der Waals surface area contributed by atoms with Crippen molar-refractivity contribution < 1.29 is 37.5 Å². The molecule has 2 aromatic heterocycles. The minimum absolute atomic E-state index is 0.00489. The highest BCUT2D eigenvalue weighted by molar-refractivity contribution is 6.37. The fourth-order valence-corrected chi connectivity index (χ4v) is 9.98. The second kappa shape index (κ2) is 17.1. The zero-order valence-electron chi connectivity index (χ0n) is 36.0. The molecule has 19 heteroatoms. The molecule has 2 amide bonds. The number of aromatic nitrogens is 4. The molecule has 4 aliphatic heterocycles. The first-order valence-corrected chi connectivity index (χ1v) is 22.3. The topological polar surface area (TPSA) is 127 Å². The predicted octanol–water partition coefficient (Wildman–Crippen LogP) is 10.4. The Morgan fingerprint density at radius 1 is 0.746 bits per heavy atom. The lowest BCUT2D eigenvalue weighted by Crippen LogP contribution is -2.50. The summed E-state index contributed by atoms with van der Waals surface area (Å²) in [5.74, 6) is 1.70. The zero-order valence-corrected chi connectivity index (χ0v) is 39.0. The van der Waals surface area contributed by atoms with Crippen LogP contribution in [0, 0.1) is 16.6 Å². The van der Waals surface area contributed by atoms with Crippen molar-refractivity contribution in [2.24, 2.45) is 10.8 Å². The summed E-state index contributed by atoms with van der Waals surface area (Å²) in [6.45, 7) is 15.1. The van der Waals surface area contributed by atoms with Crippen molar-refractivity contribution in [3.63, 3.8) is 0 Å². The maximum Gasteiger partial charge on any atom is 0.413 e. The number of amides is 2. The smallest absolute Gasteiger partial charge is 0.413 e. The molecule has 0 radical (unpaired) electrons. The Labute approximate surface area is 386 Å². The molecule has 63 heavy (non-hydrogen) atoms. The van der Waals surface area contributed by atoms with E-state index in [1.54, 1.807) is 34.3 Å². The lowest BCUT2D eigenvalue weighted by molar-refractivity contribution is -0.740. The lowest BCUT2D eigenvalue weighted by Gasteiger charge is -2.28. The van der Waals surface area contributed by atoms with Crippen molar-refractivity contribution >= 4 is 70.2 Å². The van der Waals surface area contributed by atoms with Gasteiger partial charge in [0.05, 0.1) is 21.3 Å². The Morgan fingerprint density at radius 2 is 1.38 bits per heavy atom. The van der Waals surface area contributed by atoms with E-state index < -0.39 is 34.7 Å². The molecule has 2 aromatic carbocycles. The quantitative estimate of drug-likeness (QED) is 0.164. The van der Waals surface area contributed by atoms with Crippen LogP contribution in [0.2, 0.25) is 20.1 Å². The summed E-state index contributed by atoms with van der Waals surface area (Å²) in [5.41, 5.74) is -1.91. The van der Waals surface area contributed by atoms with Gasteiger partial charge >= 0.3 is 12.2 Å². The first-order valence-electron chi connectivity index (χ1n) is 20.8. The molecule has 336 valence electrons. The van der Waals surface area contributed by atoms with Crippen LogP contribution in [0.15, 0.2) is 55.4 Å². The molecule has 0 bridgehead atoms. The van der Waals surface area contributed by atoms with E-state index in [2.05, 4.69) is 19.8 Å². The number of ether oxygens (including phenoxy) is 4. The molecule has 4 aromatic rings. The van der Waals surface area contributed by atoms with Gasteiger partial charge in [0.15, 0.2) is 23.5 Å². The Bertz CT molecular complexity index is 2400. The number of carbonyl (C=O) groups excluding carboxylic acids is 2. The van der Waals surface area contributed by atoms with Crippen LogP contribution in [0.3, 0.4) is 0 Å². The van der Waals surface area contributed by atoms with Crippen LogP contribution in [0.25, 0.3) is 0 Å². The van der Waals surface area contributed by atoms with Gasteiger partial charge in [-0.25, -0.2) is 28.5 Å². The molecule has 3 unspecified atom stereocenters. The molecule has 4 saturated heterocycles. The van der Waals surface area contributed by atoms with Crippen LogP contribution in [0.1, 0.15) is 73.4 Å². The van der Waals surface area contributed by atoms with Gasteiger partial charge in [0.2, 0.25) is 5.75 Å². The maximum absolute atomic E-state index is 14.2. The first-order chi connectivity index (χ1) is 29.7. The highest BCUT2D eigenvalue weighted by Crippen LogP contribution is 2.49. The summed E-state index contributed by atoms with van der Waals surface area (Å²) < 4.78 is 40.4. The van der Waals surface area contributed by atoms with E-state index in [0.29, 0.717) is 97.6 Å². The summed E-state index contributed by atoms with van der Waals surface area (Å²) in [6, 6.07) is 7.28. The molecule has 4 fully saturated rings. The molecular formula is C44H50Cl4FN8O6+. The van der Waals surface area contributed by atoms with Gasteiger partial charge in [-0.2, -0.15) is 0 Å². The van der Waals surface area contributed by atoms with Crippen molar-refractivity contribution in [2.45, 2.75) is 84.6 Å². The van der Waals surface area contributed by atoms with Gasteiger partial charge in [0.1, 0.15) is 35.3 Å². The fraction of sp³-hybridized carbons (Fsp3) is 0.500. The average Bonchev–Trinajstić information content (AvgIpc) is 4.00. The molecule has 2 spiro atoms. The standard InChI is InChI=1S/C44H50Cl4FN8O6/c1-41(2,3)62-39(58)55-14-10-43(22-55)9-12-53(21-43)38-34(60-32-8-7-27(45)15-29(32)46)20-56(26-52-38)35-18-44(24-57(35)40(59)63-42(4,5)6)11-13-54(23-44)37-33(19-50-25-51-37)61-36-30(47)16-28(49)17-31(36)48/h7-8,15-17,19-20,25-26,35H,9-14,18,21-24H2,1-6H3/q+1. The van der Waals surface area contributed by atoms with Gasteiger partial charge in [-0.1, -0.05) is 46.4 Å². The van der Waals surface area contributed by atoms with Crippen molar-refractivity contribution in [3.8, 4) is 23.0 Å². The number of carbonyl (C=O) groups is 2. The second-order valence-corrected chi connectivity index (χ2v) is 20.6. The van der Waals surface area contributed by atoms with E-state index in [9.17, 15) is 14.0 Å². The third-order valence-electron chi connectivity index (χ3n) is 11.8. The SMILES string of the molecule is CC(C)(C)OC(=O)N1CCC2(CCN(c3nc[n+](C4CC5(CCN(c6ncncc6Oc6c(Cl)cc(F)cc6Cl)C5)CN4C(=O)OC(C)(C)C)cc3Oc3ccc(Cl)cc3Cl)C2)C1. The molecule has 0 aliphatic carbocycles. The first kappa shape index (κ1) is 45.0. The largest absolute Gasteiger partial charge is 0.449 e. The summed E-state index contributed by atoms with van der Waals surface area (Å²) in [6.07, 6.45) is 8.16. The molecule has 0 saturated carbocycles. The number of hydrogen-bond donors (Lipinski definition) is 0. The maximum atomic E-state index is 14.2. The number of benzene rings is 2. The average molecular weight is 948 g/mol. The molecule has 14 nitrogen and oxygen atoms in total. The summed E-state index contributed by atoms with van der Waals surface area (Å²) in [5, 5.41) is 0.795. The number of hydrogen-bond acceptors (Lipinski definition) is 11. The van der Waals surface area contributed by atoms with Crippen molar-refractivity contribution in [2.75, 3.05) is 55.6 Å². The normalized spacial score (nSPS) is 22.4. The third-order valence-corrected chi connectivity index (χ3v) is 12.9. The number of anilines is 2. The van der Waals surface area contributed by atoms with Gasteiger partial charge in [0.25, 0.3) is 12.1 Å². The highest BCUT2D eigenvalue weighted by Gasteiger charge is 2.54. The van der Waals surface area contributed by atoms with Gasteiger partial charge in [-0.15, -0.1) is 0 Å². The molecule has 4 aliphatic rings. The van der Waals surface area contributed by atoms with Crippen LogP contribution in [0.5, 0.6) is 23.0 Å². The van der Waals surface area contributed by atoms with E-state index in [-0.39, 0.29) is 27.3 Å². The minimum Gasteiger partial charge on any atom is -0.449 e. The second-order valence-electron chi connectivity index (χ2n) is 19.0. The van der Waals surface area contributed by atoms with E-state index in [1.807, 2.05) is 52.3 Å². The van der Waals surface area contributed by atoms with E-state index >= 15 is 0 Å². The molecule has 0 N–H and O–H groups in total. The van der Waals surface area contributed by atoms with Crippen LogP contribution in [-0.4, -0.2) is 94.0 Å². The number of likely N-dealkylation sites (tertiary alicyclic amines) is 2. The van der Waals surface area contributed by atoms with E-state index in [0.717, 1.165) is 25.0 Å². The van der Waals surface area contributed by atoms with Gasteiger partial charge < -0.3 is 33.6 Å². The lowest BCUT2D eigenvalue weighted by atomic mass is 9.86. The van der Waals surface area contributed by atoms with Crippen LogP contribution in [-0.2, 0) is 9.47 Å². The van der Waals surface area contributed by atoms with Gasteiger partial charge in [0, 0.05) is 68.1 Å². The van der Waals surface area contributed by atoms with Crippen LogP contribution >= 0.6 is 46.4 Å². The molecule has 8 rings (SSSR count). The van der Waals surface area contributed by atoms with Gasteiger partial charge in [-0.3, -0.25) is 4.90 Å². The van der Waals surface area contributed by atoms with E-state index in [1.165, 1.54) is 12.5 Å². The van der Waals surface area contributed by atoms with Crippen molar-refractivity contribution in [1.82, 2.24) is 24.8 Å². The summed E-state index contributed by atoms with van der Waals surface area (Å²) in [4.78, 5) is 48.8. The van der Waals surface area contributed by atoms with Gasteiger partial charge in [-0.05, 0) is 96.1 Å². The Kier molecular flexibility index (Phi) is 12.2. The molecular weight excluding hydrogens is 897 g/mol. The van der Waals surface area contributed by atoms with Crippen molar-refractivity contribution in [1.29, 1.82) is 0 Å². The van der Waals surface area contributed by atoms with Crippen LogP contribution < -0.4 is 23.8 Å². The van der Waals surface area contributed by atoms with E-state index in [4.69, 9.17) is 70.3 Å². The Morgan fingerprint density at radius 3 is 2.06 bits per heavy atom. The van der Waals surface area contributed by atoms with Crippen LogP contribution in [0.4, 0.5) is 25.6 Å². The number of halogens is 5. The zero-order chi connectivity index (χ0) is 45.1.